The first-order chi connectivity index (χ1) is 7.18. The summed E-state index contributed by atoms with van der Waals surface area (Å²) in [6, 6.07) is 0. The molecule has 0 bridgehead atoms. The van der Waals surface area contributed by atoms with E-state index in [0.717, 1.165) is 0 Å². The van der Waals surface area contributed by atoms with Crippen LogP contribution >= 0.6 is 12.2 Å². The summed E-state index contributed by atoms with van der Waals surface area (Å²) in [4.78, 5) is 12.0. The molecule has 0 heterocycles. The van der Waals surface area contributed by atoms with Gasteiger partial charge in [0, 0.05) is 19.4 Å². The third-order valence-electron chi connectivity index (χ3n) is 2.89. The van der Waals surface area contributed by atoms with Crippen molar-refractivity contribution in [2.24, 2.45) is 11.7 Å². The topological polar surface area (TPSA) is 55.1 Å². The van der Waals surface area contributed by atoms with Crippen molar-refractivity contribution in [1.82, 2.24) is 5.32 Å². The molecule has 3 N–H and O–H groups in total. The summed E-state index contributed by atoms with van der Waals surface area (Å²) in [7, 11) is 0. The Hall–Kier alpha value is -0.640. The molecule has 3 nitrogen and oxygen atoms in total. The van der Waals surface area contributed by atoms with Gasteiger partial charge in [-0.3, -0.25) is 4.79 Å². The Kier molecular flexibility index (Phi) is 5.61. The first kappa shape index (κ1) is 12.4. The van der Waals surface area contributed by atoms with Gasteiger partial charge in [0.25, 0.3) is 0 Å². The van der Waals surface area contributed by atoms with Crippen LogP contribution in [0.2, 0.25) is 0 Å². The molecule has 1 aliphatic rings. The number of hydrogen-bond acceptors (Lipinski definition) is 2. The molecule has 4 heteroatoms. The number of thiocarbonyl (C=S) groups is 1. The minimum Gasteiger partial charge on any atom is -0.393 e. The molecular formula is C11H20N2OS. The van der Waals surface area contributed by atoms with Crippen LogP contribution in [0.4, 0.5) is 0 Å². The molecule has 1 aliphatic carbocycles. The Morgan fingerprint density at radius 3 is 2.60 bits per heavy atom. The molecule has 0 aromatic rings. The van der Waals surface area contributed by atoms with Gasteiger partial charge in [0.1, 0.15) is 0 Å². The number of rotatable bonds is 5. The quantitative estimate of drug-likeness (QED) is 0.705. The second kappa shape index (κ2) is 6.77. The molecule has 0 unspecified atom stereocenters. The second-order valence-electron chi connectivity index (χ2n) is 4.27. The van der Waals surface area contributed by atoms with Gasteiger partial charge in [0.2, 0.25) is 5.91 Å². The van der Waals surface area contributed by atoms with E-state index >= 15 is 0 Å². The van der Waals surface area contributed by atoms with E-state index in [-0.39, 0.29) is 5.91 Å². The van der Waals surface area contributed by atoms with Gasteiger partial charge in [0.15, 0.2) is 0 Å². The molecule has 1 saturated carbocycles. The number of nitrogens with one attached hydrogen (secondary N) is 1. The van der Waals surface area contributed by atoms with Gasteiger partial charge >= 0.3 is 0 Å². The highest BCUT2D eigenvalue weighted by Crippen LogP contribution is 2.25. The van der Waals surface area contributed by atoms with E-state index in [9.17, 15) is 4.79 Å². The summed E-state index contributed by atoms with van der Waals surface area (Å²) in [5, 5.41) is 2.85. The molecule has 0 atom stereocenters. The predicted molar refractivity (Wildman–Crippen MR) is 65.6 cm³/mol. The number of amides is 1. The van der Waals surface area contributed by atoms with E-state index in [2.05, 4.69) is 5.32 Å². The predicted octanol–water partition coefficient (Wildman–Crippen LogP) is 1.75. The zero-order valence-corrected chi connectivity index (χ0v) is 9.94. The van der Waals surface area contributed by atoms with E-state index < -0.39 is 0 Å². The van der Waals surface area contributed by atoms with E-state index in [0.29, 0.717) is 30.3 Å². The largest absolute Gasteiger partial charge is 0.393 e. The van der Waals surface area contributed by atoms with Gasteiger partial charge in [-0.15, -0.1) is 0 Å². The fourth-order valence-electron chi connectivity index (χ4n) is 2.05. The van der Waals surface area contributed by atoms with Crippen molar-refractivity contribution < 1.29 is 4.79 Å². The third kappa shape index (κ3) is 5.72. The Balaban J connectivity index is 2.09. The minimum atomic E-state index is 0.151. The molecule has 0 aliphatic heterocycles. The van der Waals surface area contributed by atoms with Crippen LogP contribution < -0.4 is 11.1 Å². The molecule has 15 heavy (non-hydrogen) atoms. The van der Waals surface area contributed by atoms with Crippen molar-refractivity contribution in [3.05, 3.63) is 0 Å². The van der Waals surface area contributed by atoms with Crippen LogP contribution in [0.1, 0.15) is 44.9 Å². The van der Waals surface area contributed by atoms with Crippen LogP contribution in [0.15, 0.2) is 0 Å². The lowest BCUT2D eigenvalue weighted by Gasteiger charge is -2.20. The average molecular weight is 228 g/mol. The molecule has 0 radical (unpaired) electrons. The van der Waals surface area contributed by atoms with Crippen molar-refractivity contribution >= 4 is 23.1 Å². The highest BCUT2D eigenvalue weighted by atomic mass is 32.1. The highest BCUT2D eigenvalue weighted by Gasteiger charge is 2.16. The van der Waals surface area contributed by atoms with Gasteiger partial charge in [-0.05, 0) is 18.8 Å². The van der Waals surface area contributed by atoms with Crippen LogP contribution in [0, 0.1) is 5.92 Å². The summed E-state index contributed by atoms with van der Waals surface area (Å²) < 4.78 is 0. The summed E-state index contributed by atoms with van der Waals surface area (Å²) in [6.45, 7) is 0.584. The molecule has 0 spiro atoms. The first-order valence-corrected chi connectivity index (χ1v) is 6.14. The maximum absolute atomic E-state index is 11.5. The van der Waals surface area contributed by atoms with Crippen molar-refractivity contribution in [2.45, 2.75) is 44.9 Å². The smallest absolute Gasteiger partial charge is 0.220 e. The monoisotopic (exact) mass is 228 g/mol. The Morgan fingerprint density at radius 1 is 1.33 bits per heavy atom. The summed E-state index contributed by atoms with van der Waals surface area (Å²) in [6.07, 6.45) is 7.60. The van der Waals surface area contributed by atoms with Crippen LogP contribution in [-0.2, 0) is 4.79 Å². The fourth-order valence-corrected chi connectivity index (χ4v) is 2.15. The molecule has 1 rings (SSSR count). The Bertz CT molecular complexity index is 225. The zero-order valence-electron chi connectivity index (χ0n) is 9.13. The molecule has 1 fully saturated rings. The van der Waals surface area contributed by atoms with Gasteiger partial charge < -0.3 is 11.1 Å². The number of nitrogens with two attached hydrogens (primary N) is 1. The van der Waals surface area contributed by atoms with Crippen LogP contribution in [0.25, 0.3) is 0 Å². The van der Waals surface area contributed by atoms with E-state index in [1.54, 1.807) is 0 Å². The fraction of sp³-hybridized carbons (Fsp3) is 0.818. The van der Waals surface area contributed by atoms with Gasteiger partial charge in [-0.25, -0.2) is 0 Å². The zero-order chi connectivity index (χ0) is 11.1. The van der Waals surface area contributed by atoms with Crippen molar-refractivity contribution in [2.75, 3.05) is 6.54 Å². The minimum absolute atomic E-state index is 0.151. The van der Waals surface area contributed by atoms with E-state index in [1.807, 2.05) is 0 Å². The first-order valence-electron chi connectivity index (χ1n) is 5.73. The maximum atomic E-state index is 11.5. The van der Waals surface area contributed by atoms with Gasteiger partial charge in [0.05, 0.1) is 4.99 Å². The summed E-state index contributed by atoms with van der Waals surface area (Å²) in [5.74, 6) is 0.752. The number of carbonyl (C=O) groups excluding carboxylic acids is 1. The lowest BCUT2D eigenvalue weighted by molar-refractivity contribution is -0.122. The number of hydrogen-bond donors (Lipinski definition) is 2. The van der Waals surface area contributed by atoms with Crippen molar-refractivity contribution in [1.29, 1.82) is 0 Å². The van der Waals surface area contributed by atoms with E-state index in [4.69, 9.17) is 18.0 Å². The molecular weight excluding hydrogens is 208 g/mol. The lowest BCUT2D eigenvalue weighted by Crippen LogP contribution is -2.29. The molecule has 0 aromatic heterocycles. The van der Waals surface area contributed by atoms with Crippen molar-refractivity contribution in [3.8, 4) is 0 Å². The maximum Gasteiger partial charge on any atom is 0.220 e. The normalized spacial score (nSPS) is 17.3. The van der Waals surface area contributed by atoms with Crippen molar-refractivity contribution in [3.63, 3.8) is 0 Å². The SMILES string of the molecule is NC(=S)CCNC(=O)CC1CCCCC1. The van der Waals surface area contributed by atoms with E-state index in [1.165, 1.54) is 32.1 Å². The lowest BCUT2D eigenvalue weighted by atomic mass is 9.87. The third-order valence-corrected chi connectivity index (χ3v) is 3.10. The number of carbonyl (C=O) groups is 1. The molecule has 1 amide bonds. The summed E-state index contributed by atoms with van der Waals surface area (Å²) >= 11 is 4.74. The molecule has 86 valence electrons. The van der Waals surface area contributed by atoms with Crippen LogP contribution in [0.5, 0.6) is 0 Å². The van der Waals surface area contributed by atoms with Crippen LogP contribution in [0.3, 0.4) is 0 Å². The standard InChI is InChI=1S/C11H20N2OS/c12-10(15)6-7-13-11(14)8-9-4-2-1-3-5-9/h9H,1-8H2,(H2,12,15)(H,13,14). The Morgan fingerprint density at radius 2 is 2.00 bits per heavy atom. The Labute approximate surface area is 96.8 Å². The molecule has 0 aromatic carbocycles. The second-order valence-corrected chi connectivity index (χ2v) is 4.80. The highest BCUT2D eigenvalue weighted by molar-refractivity contribution is 7.80. The van der Waals surface area contributed by atoms with Gasteiger partial charge in [-0.2, -0.15) is 0 Å². The average Bonchev–Trinajstić information content (AvgIpc) is 2.18. The molecule has 0 saturated heterocycles. The summed E-state index contributed by atoms with van der Waals surface area (Å²) in [5.41, 5.74) is 5.34. The van der Waals surface area contributed by atoms with Crippen LogP contribution in [-0.4, -0.2) is 17.4 Å². The van der Waals surface area contributed by atoms with Gasteiger partial charge in [-0.1, -0.05) is 31.5 Å².